The summed E-state index contributed by atoms with van der Waals surface area (Å²) in [6.07, 6.45) is 3.17. The Morgan fingerprint density at radius 2 is 1.97 bits per heavy atom. The Balaban J connectivity index is 1.60. The van der Waals surface area contributed by atoms with Crippen molar-refractivity contribution in [3.05, 3.63) is 42.2 Å². The van der Waals surface area contributed by atoms with Crippen LogP contribution in [-0.4, -0.2) is 69.6 Å². The number of amides is 4. The minimum absolute atomic E-state index is 0.0508. The number of carbonyl (C=O) groups excluding carboxylic acids is 5. The Bertz CT molecular complexity index is 1110. The van der Waals surface area contributed by atoms with Crippen molar-refractivity contribution in [2.45, 2.75) is 50.7 Å². The minimum Gasteiger partial charge on any atom is -0.345 e. The number of benzene rings is 1. The van der Waals surface area contributed by atoms with Crippen molar-refractivity contribution in [3.63, 3.8) is 0 Å². The first-order chi connectivity index (χ1) is 15.9. The highest BCUT2D eigenvalue weighted by molar-refractivity contribution is 6.06. The fraction of sp³-hybridized carbons (Fsp3) is 0.391. The first kappa shape index (κ1) is 22.4. The van der Waals surface area contributed by atoms with E-state index < -0.39 is 35.8 Å². The lowest BCUT2D eigenvalue weighted by atomic mass is 10.0. The third-order valence-corrected chi connectivity index (χ3v) is 5.93. The minimum atomic E-state index is -0.996. The van der Waals surface area contributed by atoms with E-state index in [4.69, 9.17) is 0 Å². The second kappa shape index (κ2) is 9.35. The number of nitrogens with zero attached hydrogens (tertiary/aromatic N) is 3. The van der Waals surface area contributed by atoms with E-state index in [1.165, 1.54) is 18.1 Å². The van der Waals surface area contributed by atoms with Crippen LogP contribution in [0.1, 0.15) is 43.1 Å². The zero-order valence-electron chi connectivity index (χ0n) is 18.2. The molecule has 10 heteroatoms. The Kier molecular flexibility index (Phi) is 6.34. The van der Waals surface area contributed by atoms with Gasteiger partial charge in [-0.3, -0.25) is 29.2 Å². The Labute approximate surface area is 190 Å². The largest absolute Gasteiger partial charge is 0.345 e. The Hall–Kier alpha value is -3.82. The van der Waals surface area contributed by atoms with E-state index in [1.54, 1.807) is 18.2 Å². The first-order valence-electron chi connectivity index (χ1n) is 10.9. The average Bonchev–Trinajstić information content (AvgIpc) is 2.95. The van der Waals surface area contributed by atoms with Gasteiger partial charge in [-0.15, -0.1) is 0 Å². The van der Waals surface area contributed by atoms with Gasteiger partial charge in [0, 0.05) is 24.5 Å². The van der Waals surface area contributed by atoms with Crippen LogP contribution in [0.25, 0.3) is 10.8 Å². The summed E-state index contributed by atoms with van der Waals surface area (Å²) in [6.45, 7) is 1.84. The van der Waals surface area contributed by atoms with Gasteiger partial charge in [-0.1, -0.05) is 24.3 Å². The third kappa shape index (κ3) is 4.41. The molecule has 0 radical (unpaired) electrons. The number of hydrogen-bond donors (Lipinski definition) is 2. The van der Waals surface area contributed by atoms with Crippen LogP contribution in [0.15, 0.2) is 36.5 Å². The van der Waals surface area contributed by atoms with Crippen molar-refractivity contribution in [2.24, 2.45) is 0 Å². The molecule has 33 heavy (non-hydrogen) atoms. The maximum Gasteiger partial charge on any atom is 0.271 e. The fourth-order valence-corrected chi connectivity index (χ4v) is 4.29. The summed E-state index contributed by atoms with van der Waals surface area (Å²) in [4.78, 5) is 67.2. The van der Waals surface area contributed by atoms with Crippen LogP contribution in [-0.2, 0) is 19.2 Å². The molecule has 2 aliphatic rings. The smallest absolute Gasteiger partial charge is 0.271 e. The topological polar surface area (TPSA) is 129 Å². The number of hydrogen-bond acceptors (Lipinski definition) is 6. The van der Waals surface area contributed by atoms with Crippen LogP contribution < -0.4 is 10.6 Å². The van der Waals surface area contributed by atoms with Crippen molar-refractivity contribution in [1.82, 2.24) is 25.6 Å². The van der Waals surface area contributed by atoms with Crippen LogP contribution >= 0.6 is 0 Å². The second-order valence-electron chi connectivity index (χ2n) is 8.24. The van der Waals surface area contributed by atoms with Gasteiger partial charge in [-0.25, -0.2) is 5.01 Å². The molecule has 3 heterocycles. The molecule has 2 N–H and O–H groups in total. The summed E-state index contributed by atoms with van der Waals surface area (Å²) in [7, 11) is 0. The Morgan fingerprint density at radius 3 is 2.76 bits per heavy atom. The van der Waals surface area contributed by atoms with E-state index in [-0.39, 0.29) is 24.4 Å². The molecule has 3 atom stereocenters. The molecule has 0 saturated carbocycles. The molecular weight excluding hydrogens is 426 g/mol. The number of aldehydes is 1. The molecule has 10 nitrogen and oxygen atoms in total. The van der Waals surface area contributed by atoms with Crippen LogP contribution in [0, 0.1) is 0 Å². The predicted octanol–water partition coefficient (Wildman–Crippen LogP) is 0.565. The number of hydrazine groups is 1. The van der Waals surface area contributed by atoms with E-state index in [9.17, 15) is 24.0 Å². The first-order valence-corrected chi connectivity index (χ1v) is 10.9. The molecule has 172 valence electrons. The summed E-state index contributed by atoms with van der Waals surface area (Å²) in [6, 6.07) is 6.41. The molecule has 2 fully saturated rings. The summed E-state index contributed by atoms with van der Waals surface area (Å²) >= 11 is 0. The van der Waals surface area contributed by atoms with Gasteiger partial charge in [0.05, 0.1) is 6.04 Å². The van der Waals surface area contributed by atoms with Gasteiger partial charge in [-0.05, 0) is 37.6 Å². The highest BCUT2D eigenvalue weighted by Gasteiger charge is 2.44. The number of aromatic nitrogens is 1. The summed E-state index contributed by atoms with van der Waals surface area (Å²) in [5, 5.41) is 9.22. The van der Waals surface area contributed by atoms with Crippen molar-refractivity contribution in [3.8, 4) is 0 Å². The molecular formula is C23H25N5O5. The highest BCUT2D eigenvalue weighted by atomic mass is 16.2. The van der Waals surface area contributed by atoms with Crippen molar-refractivity contribution >= 4 is 40.7 Å². The van der Waals surface area contributed by atoms with Crippen LogP contribution in [0.2, 0.25) is 0 Å². The maximum absolute atomic E-state index is 13.5. The van der Waals surface area contributed by atoms with Gasteiger partial charge in [0.25, 0.3) is 11.8 Å². The number of fused-ring (bicyclic) bond motifs is 2. The van der Waals surface area contributed by atoms with Crippen LogP contribution in [0.4, 0.5) is 0 Å². The number of rotatable bonds is 5. The average molecular weight is 451 g/mol. The van der Waals surface area contributed by atoms with Gasteiger partial charge in [0.15, 0.2) is 0 Å². The molecule has 2 saturated heterocycles. The van der Waals surface area contributed by atoms with Crippen molar-refractivity contribution in [1.29, 1.82) is 0 Å². The third-order valence-electron chi connectivity index (χ3n) is 5.93. The molecule has 1 aromatic heterocycles. The lowest BCUT2D eigenvalue weighted by molar-refractivity contribution is -0.176. The van der Waals surface area contributed by atoms with E-state index >= 15 is 0 Å². The zero-order valence-corrected chi connectivity index (χ0v) is 18.2. The lowest BCUT2D eigenvalue weighted by Gasteiger charge is -2.43. The van der Waals surface area contributed by atoms with Crippen molar-refractivity contribution < 1.29 is 24.0 Å². The Morgan fingerprint density at radius 1 is 1.18 bits per heavy atom. The molecule has 1 aromatic carbocycles. The van der Waals surface area contributed by atoms with Gasteiger partial charge >= 0.3 is 0 Å². The molecule has 0 bridgehead atoms. The summed E-state index contributed by atoms with van der Waals surface area (Å²) < 4.78 is 0. The molecule has 4 rings (SSSR count). The molecule has 4 amide bonds. The zero-order chi connectivity index (χ0) is 23.5. The van der Waals surface area contributed by atoms with E-state index in [1.807, 2.05) is 12.1 Å². The molecule has 2 aromatic rings. The fourth-order valence-electron chi connectivity index (χ4n) is 4.29. The van der Waals surface area contributed by atoms with Crippen molar-refractivity contribution in [2.75, 3.05) is 6.54 Å². The standard InChI is InChI=1S/C23H25N5O5/c1-14(13-29)25-21(31)18-7-4-12-27-19(30)9-8-17(23(33)28(18)27)26-22(32)20-16-6-3-2-5-15(16)10-11-24-20/h2-3,5-6,10-11,13-14,17-18H,4,7-9,12H2,1H3,(H,25,31)(H,26,32). The van der Waals surface area contributed by atoms with Gasteiger partial charge in [-0.2, -0.15) is 0 Å². The van der Waals surface area contributed by atoms with Crippen LogP contribution in [0.5, 0.6) is 0 Å². The molecule has 2 aliphatic heterocycles. The quantitative estimate of drug-likeness (QED) is 0.640. The van der Waals surface area contributed by atoms with E-state index in [2.05, 4.69) is 15.6 Å². The predicted molar refractivity (Wildman–Crippen MR) is 117 cm³/mol. The molecule has 0 aliphatic carbocycles. The molecule has 0 spiro atoms. The maximum atomic E-state index is 13.5. The van der Waals surface area contributed by atoms with E-state index in [0.717, 1.165) is 10.4 Å². The molecule has 3 unspecified atom stereocenters. The van der Waals surface area contributed by atoms with Gasteiger partial charge in [0.1, 0.15) is 24.1 Å². The SMILES string of the molecule is CC(C=O)NC(=O)C1CCCN2C(=O)CCC(NC(=O)c3nccc4ccccc34)C(=O)N12. The summed E-state index contributed by atoms with van der Waals surface area (Å²) in [5.41, 5.74) is 0.182. The monoisotopic (exact) mass is 451 g/mol. The van der Waals surface area contributed by atoms with E-state index in [0.29, 0.717) is 31.1 Å². The lowest BCUT2D eigenvalue weighted by Crippen LogP contribution is -2.64. The summed E-state index contributed by atoms with van der Waals surface area (Å²) in [5.74, 6) is -1.86. The number of nitrogens with one attached hydrogen (secondary N) is 2. The normalized spacial score (nSPS) is 21.7. The van der Waals surface area contributed by atoms with Gasteiger partial charge < -0.3 is 15.4 Å². The van der Waals surface area contributed by atoms with Crippen LogP contribution in [0.3, 0.4) is 0 Å². The number of carbonyl (C=O) groups is 5. The number of pyridine rings is 1. The second-order valence-corrected chi connectivity index (χ2v) is 8.24. The highest BCUT2D eigenvalue weighted by Crippen LogP contribution is 2.25. The van der Waals surface area contributed by atoms with Gasteiger partial charge in [0.2, 0.25) is 11.8 Å².